The molecule has 1 unspecified atom stereocenters. The first-order valence-electron chi connectivity index (χ1n) is 7.06. The van der Waals surface area contributed by atoms with E-state index in [1.807, 2.05) is 18.2 Å². The SMILES string of the molecule is O=C1OC(COc2ccccc2)CN1/N=C/c1ccc([N+](=O)[O-])o1. The molecule has 9 nitrogen and oxygen atoms in total. The second-order valence-electron chi connectivity index (χ2n) is 4.89. The summed E-state index contributed by atoms with van der Waals surface area (Å²) in [5.74, 6) is 0.450. The van der Waals surface area contributed by atoms with Gasteiger partial charge in [0.05, 0.1) is 18.8 Å². The Hall–Kier alpha value is -3.36. The molecule has 1 fully saturated rings. The molecule has 1 aliphatic rings. The highest BCUT2D eigenvalue weighted by Gasteiger charge is 2.31. The normalized spacial score (nSPS) is 17.2. The summed E-state index contributed by atoms with van der Waals surface area (Å²) in [6.07, 6.45) is 0.143. The molecule has 0 aliphatic carbocycles. The molecule has 9 heteroatoms. The van der Waals surface area contributed by atoms with Gasteiger partial charge in [0, 0.05) is 0 Å². The number of carbonyl (C=O) groups excluding carboxylic acids is 1. The quantitative estimate of drug-likeness (QED) is 0.457. The van der Waals surface area contributed by atoms with Crippen LogP contribution in [0.1, 0.15) is 5.76 Å². The van der Waals surface area contributed by atoms with E-state index < -0.39 is 23.0 Å². The van der Waals surface area contributed by atoms with Crippen molar-refractivity contribution in [1.82, 2.24) is 5.01 Å². The van der Waals surface area contributed by atoms with E-state index in [2.05, 4.69) is 5.10 Å². The van der Waals surface area contributed by atoms with E-state index in [0.717, 1.165) is 5.01 Å². The second-order valence-corrected chi connectivity index (χ2v) is 4.89. The van der Waals surface area contributed by atoms with Gasteiger partial charge in [0.15, 0.2) is 11.9 Å². The van der Waals surface area contributed by atoms with Crippen LogP contribution in [0.3, 0.4) is 0 Å². The van der Waals surface area contributed by atoms with Crippen molar-refractivity contribution in [3.63, 3.8) is 0 Å². The van der Waals surface area contributed by atoms with Gasteiger partial charge in [0.2, 0.25) is 0 Å². The van der Waals surface area contributed by atoms with Crippen molar-refractivity contribution >= 4 is 18.2 Å². The standard InChI is InChI=1S/C15H13N3O6/c19-15-17(16-8-12-6-7-14(23-12)18(20)21)9-13(24-15)10-22-11-4-2-1-3-5-11/h1-8,13H,9-10H2/b16-8+. The van der Waals surface area contributed by atoms with Crippen molar-refractivity contribution < 1.29 is 23.6 Å². The van der Waals surface area contributed by atoms with E-state index >= 15 is 0 Å². The molecule has 0 spiro atoms. The summed E-state index contributed by atoms with van der Waals surface area (Å²) in [5.41, 5.74) is 0. The molecule has 2 heterocycles. The number of rotatable bonds is 6. The Labute approximate surface area is 136 Å². The number of hydrogen-bond acceptors (Lipinski definition) is 7. The zero-order valence-corrected chi connectivity index (χ0v) is 12.4. The van der Waals surface area contributed by atoms with Crippen LogP contribution in [-0.2, 0) is 4.74 Å². The average Bonchev–Trinajstić information content (AvgIpc) is 3.19. The monoisotopic (exact) mass is 331 g/mol. The summed E-state index contributed by atoms with van der Waals surface area (Å²) in [7, 11) is 0. The number of furan rings is 1. The number of para-hydroxylation sites is 1. The van der Waals surface area contributed by atoms with Gasteiger partial charge in [-0.15, -0.1) is 0 Å². The van der Waals surface area contributed by atoms with Crippen molar-refractivity contribution in [3.05, 3.63) is 58.3 Å². The number of ether oxygens (including phenoxy) is 2. The molecule has 3 rings (SSSR count). The largest absolute Gasteiger partial charge is 0.490 e. The summed E-state index contributed by atoms with van der Waals surface area (Å²) in [6, 6.07) is 11.8. The van der Waals surface area contributed by atoms with Gasteiger partial charge >= 0.3 is 12.0 Å². The van der Waals surface area contributed by atoms with Gasteiger partial charge in [-0.3, -0.25) is 10.1 Å². The fourth-order valence-electron chi connectivity index (χ4n) is 2.03. The molecule has 0 radical (unpaired) electrons. The molecule has 1 aliphatic heterocycles. The van der Waals surface area contributed by atoms with Crippen LogP contribution >= 0.6 is 0 Å². The Morgan fingerprint density at radius 3 is 2.83 bits per heavy atom. The molecule has 1 aromatic heterocycles. The van der Waals surface area contributed by atoms with Crippen molar-refractivity contribution in [2.45, 2.75) is 6.10 Å². The fourth-order valence-corrected chi connectivity index (χ4v) is 2.03. The Morgan fingerprint density at radius 1 is 1.33 bits per heavy atom. The summed E-state index contributed by atoms with van der Waals surface area (Å²) in [6.45, 7) is 0.416. The van der Waals surface area contributed by atoms with Crippen LogP contribution in [0.4, 0.5) is 10.7 Å². The lowest BCUT2D eigenvalue weighted by Crippen LogP contribution is -2.23. The maximum absolute atomic E-state index is 11.7. The lowest BCUT2D eigenvalue weighted by molar-refractivity contribution is -0.402. The third kappa shape index (κ3) is 3.69. The van der Waals surface area contributed by atoms with Crippen LogP contribution < -0.4 is 4.74 Å². The first kappa shape index (κ1) is 15.5. The van der Waals surface area contributed by atoms with Gasteiger partial charge in [-0.2, -0.15) is 10.1 Å². The Kier molecular flexibility index (Phi) is 4.41. The minimum Gasteiger partial charge on any atom is -0.490 e. The molecule has 124 valence electrons. The molecule has 0 saturated carbocycles. The summed E-state index contributed by atoms with van der Waals surface area (Å²) < 4.78 is 15.6. The number of nitro groups is 1. The van der Waals surface area contributed by atoms with Crippen molar-refractivity contribution in [3.8, 4) is 5.75 Å². The lowest BCUT2D eigenvalue weighted by atomic mass is 10.3. The highest BCUT2D eigenvalue weighted by molar-refractivity contribution is 5.78. The van der Waals surface area contributed by atoms with Crippen LogP contribution in [0.15, 0.2) is 52.0 Å². The van der Waals surface area contributed by atoms with Crippen LogP contribution in [0, 0.1) is 10.1 Å². The van der Waals surface area contributed by atoms with Gasteiger partial charge in [0.25, 0.3) is 0 Å². The molecule has 0 N–H and O–H groups in total. The predicted octanol–water partition coefficient (Wildman–Crippen LogP) is 2.42. The zero-order chi connectivity index (χ0) is 16.9. The van der Waals surface area contributed by atoms with E-state index in [1.165, 1.54) is 18.3 Å². The lowest BCUT2D eigenvalue weighted by Gasteiger charge is -2.09. The number of benzene rings is 1. The zero-order valence-electron chi connectivity index (χ0n) is 12.4. The smallest absolute Gasteiger partial charge is 0.433 e. The first-order valence-corrected chi connectivity index (χ1v) is 7.06. The minimum atomic E-state index is -0.654. The van der Waals surface area contributed by atoms with Crippen LogP contribution in [0.25, 0.3) is 0 Å². The third-order valence-corrected chi connectivity index (χ3v) is 3.15. The Bertz CT molecular complexity index is 758. The maximum Gasteiger partial charge on any atom is 0.433 e. The van der Waals surface area contributed by atoms with Gasteiger partial charge in [-0.25, -0.2) is 4.79 Å². The molecular weight excluding hydrogens is 318 g/mol. The number of cyclic esters (lactones) is 1. The van der Waals surface area contributed by atoms with E-state index in [9.17, 15) is 14.9 Å². The number of nitrogens with zero attached hydrogens (tertiary/aromatic N) is 3. The second kappa shape index (κ2) is 6.82. The van der Waals surface area contributed by atoms with Crippen molar-refractivity contribution in [2.24, 2.45) is 5.10 Å². The van der Waals surface area contributed by atoms with Gasteiger partial charge in [-0.1, -0.05) is 18.2 Å². The van der Waals surface area contributed by atoms with Gasteiger partial charge in [-0.05, 0) is 18.2 Å². The molecule has 1 aromatic carbocycles. The van der Waals surface area contributed by atoms with Gasteiger partial charge in [0.1, 0.15) is 17.3 Å². The Morgan fingerprint density at radius 2 is 2.12 bits per heavy atom. The first-order chi connectivity index (χ1) is 11.6. The van der Waals surface area contributed by atoms with Crippen LogP contribution in [0.2, 0.25) is 0 Å². The summed E-state index contributed by atoms with van der Waals surface area (Å²) in [5, 5.41) is 15.5. The number of carbonyl (C=O) groups is 1. The van der Waals surface area contributed by atoms with Crippen LogP contribution in [-0.4, -0.2) is 41.5 Å². The summed E-state index contributed by atoms with van der Waals surface area (Å²) >= 11 is 0. The molecule has 24 heavy (non-hydrogen) atoms. The van der Waals surface area contributed by atoms with Crippen LogP contribution in [0.5, 0.6) is 5.75 Å². The fraction of sp³-hybridized carbons (Fsp3) is 0.200. The average molecular weight is 331 g/mol. The molecular formula is C15H13N3O6. The van der Waals surface area contributed by atoms with E-state index in [1.54, 1.807) is 12.1 Å². The van der Waals surface area contributed by atoms with E-state index in [4.69, 9.17) is 13.9 Å². The van der Waals surface area contributed by atoms with Gasteiger partial charge < -0.3 is 13.9 Å². The molecule has 1 saturated heterocycles. The molecule has 1 atom stereocenters. The third-order valence-electron chi connectivity index (χ3n) is 3.15. The number of amides is 1. The molecule has 0 bridgehead atoms. The van der Waals surface area contributed by atoms with E-state index in [0.29, 0.717) is 5.75 Å². The molecule has 2 aromatic rings. The summed E-state index contributed by atoms with van der Waals surface area (Å²) in [4.78, 5) is 21.6. The molecule has 1 amide bonds. The highest BCUT2D eigenvalue weighted by Crippen LogP contribution is 2.17. The minimum absolute atomic E-state index is 0.165. The Balaban J connectivity index is 1.54. The number of hydrazone groups is 1. The van der Waals surface area contributed by atoms with Crippen molar-refractivity contribution in [2.75, 3.05) is 13.2 Å². The highest BCUT2D eigenvalue weighted by atomic mass is 16.6. The van der Waals surface area contributed by atoms with Crippen molar-refractivity contribution in [1.29, 1.82) is 0 Å². The predicted molar refractivity (Wildman–Crippen MR) is 81.9 cm³/mol. The topological polar surface area (TPSA) is 107 Å². The van der Waals surface area contributed by atoms with E-state index in [-0.39, 0.29) is 18.9 Å². The number of hydrogen-bond donors (Lipinski definition) is 0. The maximum atomic E-state index is 11.7.